The van der Waals surface area contributed by atoms with Crippen molar-refractivity contribution in [2.24, 2.45) is 0 Å². The van der Waals surface area contributed by atoms with Crippen molar-refractivity contribution < 1.29 is 12.8 Å². The lowest BCUT2D eigenvalue weighted by Crippen LogP contribution is -2.10. The van der Waals surface area contributed by atoms with Gasteiger partial charge in [0.1, 0.15) is 5.83 Å². The van der Waals surface area contributed by atoms with Crippen LogP contribution in [0.4, 0.5) is 4.39 Å². The van der Waals surface area contributed by atoms with E-state index in [1.165, 1.54) is 6.08 Å². The fourth-order valence-electron chi connectivity index (χ4n) is 4.07. The van der Waals surface area contributed by atoms with Crippen LogP contribution in [0.15, 0.2) is 53.6 Å². The highest BCUT2D eigenvalue weighted by Crippen LogP contribution is 2.34. The van der Waals surface area contributed by atoms with Crippen LogP contribution >= 0.6 is 11.8 Å². The van der Waals surface area contributed by atoms with Crippen LogP contribution in [0.1, 0.15) is 49.4 Å². The normalized spacial score (nSPS) is 15.1. The Labute approximate surface area is 192 Å². The number of aromatic nitrogens is 3. The number of nitrogens with one attached hydrogen (secondary N) is 1. The Balaban J connectivity index is 1.73. The number of rotatable bonds is 9. The van der Waals surface area contributed by atoms with Gasteiger partial charge in [0.05, 0.1) is 22.8 Å². The second-order valence-electron chi connectivity index (χ2n) is 8.39. The van der Waals surface area contributed by atoms with Crippen LogP contribution in [0.2, 0.25) is 0 Å². The molecule has 1 aliphatic carbocycles. The Bertz CT molecular complexity index is 1250. The van der Waals surface area contributed by atoms with E-state index in [4.69, 9.17) is 11.8 Å². The zero-order chi connectivity index (χ0) is 22.9. The monoisotopic (exact) mass is 476 g/mol. The number of allylic oxidation sites excluding steroid dienone is 1. The minimum Gasteiger partial charge on any atom is -0.336 e. The van der Waals surface area contributed by atoms with Crippen molar-refractivity contribution in [2.75, 3.05) is 6.54 Å². The SMILES string of the molecule is CC(C)c1c(Cc2ccc(S(=O)(=O)C3CC3)nc2)c2ncccc2n1C/C(F)=C/CNCl. The van der Waals surface area contributed by atoms with Crippen LogP contribution in [-0.4, -0.2) is 34.7 Å². The van der Waals surface area contributed by atoms with Gasteiger partial charge >= 0.3 is 0 Å². The van der Waals surface area contributed by atoms with Crippen molar-refractivity contribution in [2.45, 2.75) is 55.8 Å². The van der Waals surface area contributed by atoms with E-state index in [1.807, 2.05) is 22.8 Å². The fraction of sp³-hybridized carbons (Fsp3) is 0.391. The maximum Gasteiger partial charge on any atom is 0.198 e. The zero-order valence-corrected chi connectivity index (χ0v) is 19.6. The van der Waals surface area contributed by atoms with Gasteiger partial charge in [0.25, 0.3) is 0 Å². The van der Waals surface area contributed by atoms with Crippen molar-refractivity contribution >= 4 is 32.6 Å². The van der Waals surface area contributed by atoms with Crippen LogP contribution in [-0.2, 0) is 22.8 Å². The number of hydrogen-bond donors (Lipinski definition) is 1. The summed E-state index contributed by atoms with van der Waals surface area (Å²) < 4.78 is 41.4. The van der Waals surface area contributed by atoms with Crippen molar-refractivity contribution in [1.29, 1.82) is 0 Å². The van der Waals surface area contributed by atoms with E-state index in [1.54, 1.807) is 18.5 Å². The number of sulfone groups is 1. The molecular weight excluding hydrogens is 451 g/mol. The van der Waals surface area contributed by atoms with Gasteiger partial charge < -0.3 is 4.57 Å². The molecular formula is C23H26ClFN4O2S. The van der Waals surface area contributed by atoms with Crippen molar-refractivity contribution in [3.05, 3.63) is 65.4 Å². The minimum atomic E-state index is -3.32. The second kappa shape index (κ2) is 9.29. The third kappa shape index (κ3) is 4.58. The molecule has 0 aromatic carbocycles. The molecule has 1 fully saturated rings. The molecule has 0 radical (unpaired) electrons. The maximum absolute atomic E-state index is 14.6. The topological polar surface area (TPSA) is 76.9 Å². The van der Waals surface area contributed by atoms with Gasteiger partial charge in [0, 0.05) is 36.6 Å². The molecule has 0 saturated heterocycles. The highest BCUT2D eigenvalue weighted by molar-refractivity contribution is 7.92. The number of fused-ring (bicyclic) bond motifs is 1. The highest BCUT2D eigenvalue weighted by Gasteiger charge is 2.37. The lowest BCUT2D eigenvalue weighted by atomic mass is 9.99. The van der Waals surface area contributed by atoms with E-state index in [-0.39, 0.29) is 35.1 Å². The maximum atomic E-state index is 14.6. The highest BCUT2D eigenvalue weighted by atomic mass is 35.5. The number of nitrogens with zero attached hydrogens (tertiary/aromatic N) is 3. The summed E-state index contributed by atoms with van der Waals surface area (Å²) >= 11 is 5.46. The first-order valence-electron chi connectivity index (χ1n) is 10.7. The minimum absolute atomic E-state index is 0.0884. The first-order chi connectivity index (χ1) is 15.3. The van der Waals surface area contributed by atoms with Crippen molar-refractivity contribution in [3.63, 3.8) is 0 Å². The molecule has 3 heterocycles. The van der Waals surface area contributed by atoms with E-state index in [2.05, 4.69) is 28.7 Å². The van der Waals surface area contributed by atoms with Gasteiger partial charge in [-0.15, -0.1) is 0 Å². The molecule has 0 aliphatic heterocycles. The first-order valence-corrected chi connectivity index (χ1v) is 12.6. The summed E-state index contributed by atoms with van der Waals surface area (Å²) in [5.41, 5.74) is 4.55. The van der Waals surface area contributed by atoms with Gasteiger partial charge in [-0.05, 0) is 60.4 Å². The van der Waals surface area contributed by atoms with Gasteiger partial charge in [-0.3, -0.25) is 4.98 Å². The standard InChI is InChI=1S/C23H26ClFN4O2S/c1-15(2)23-19(12-16-5-8-21(27-13-16)32(30,31)18-6-7-18)22-20(4-3-10-26-22)29(23)14-17(25)9-11-28-24/h3-5,8-10,13,15,18,28H,6-7,11-12,14H2,1-2H3/b17-9-. The van der Waals surface area contributed by atoms with Crippen LogP contribution < -0.4 is 4.84 Å². The summed E-state index contributed by atoms with van der Waals surface area (Å²) in [6.07, 6.45) is 6.72. The number of hydrogen-bond acceptors (Lipinski definition) is 5. The van der Waals surface area contributed by atoms with Crippen LogP contribution in [0.3, 0.4) is 0 Å². The molecule has 9 heteroatoms. The lowest BCUT2D eigenvalue weighted by Gasteiger charge is -2.15. The smallest absolute Gasteiger partial charge is 0.198 e. The molecule has 0 spiro atoms. The number of pyridine rings is 2. The predicted octanol–water partition coefficient (Wildman–Crippen LogP) is 4.68. The summed E-state index contributed by atoms with van der Waals surface area (Å²) in [5.74, 6) is -0.163. The summed E-state index contributed by atoms with van der Waals surface area (Å²) in [7, 11) is -3.32. The molecule has 0 unspecified atom stereocenters. The van der Waals surface area contributed by atoms with Crippen LogP contribution in [0.25, 0.3) is 11.0 Å². The summed E-state index contributed by atoms with van der Waals surface area (Å²) in [4.78, 5) is 11.2. The molecule has 6 nitrogen and oxygen atoms in total. The molecule has 1 saturated carbocycles. The van der Waals surface area contributed by atoms with E-state index < -0.39 is 9.84 Å². The van der Waals surface area contributed by atoms with Crippen molar-refractivity contribution in [3.8, 4) is 0 Å². The zero-order valence-electron chi connectivity index (χ0n) is 18.1. The average Bonchev–Trinajstić information content (AvgIpc) is 3.59. The molecule has 0 atom stereocenters. The lowest BCUT2D eigenvalue weighted by molar-refractivity contribution is 0.544. The quantitative estimate of drug-likeness (QED) is 0.454. The van der Waals surface area contributed by atoms with E-state index in [0.717, 1.165) is 27.9 Å². The van der Waals surface area contributed by atoms with Gasteiger partial charge in [0.2, 0.25) is 0 Å². The molecule has 3 aromatic rings. The molecule has 3 aromatic heterocycles. The average molecular weight is 477 g/mol. The Kier molecular flexibility index (Phi) is 6.65. The molecule has 4 rings (SSSR count). The largest absolute Gasteiger partial charge is 0.336 e. The fourth-order valence-corrected chi connectivity index (χ4v) is 5.70. The van der Waals surface area contributed by atoms with E-state index in [9.17, 15) is 12.8 Å². The molecule has 0 bridgehead atoms. The molecule has 32 heavy (non-hydrogen) atoms. The third-order valence-electron chi connectivity index (χ3n) is 5.65. The van der Waals surface area contributed by atoms with Gasteiger partial charge in [-0.1, -0.05) is 19.9 Å². The number of halogens is 2. The van der Waals surface area contributed by atoms with Gasteiger partial charge in [-0.2, -0.15) is 0 Å². The summed E-state index contributed by atoms with van der Waals surface area (Å²) in [6, 6.07) is 7.18. The first kappa shape index (κ1) is 22.9. The van der Waals surface area contributed by atoms with E-state index >= 15 is 0 Å². The summed E-state index contributed by atoms with van der Waals surface area (Å²) in [6.45, 7) is 4.46. The van der Waals surface area contributed by atoms with Gasteiger partial charge in [0.15, 0.2) is 14.9 Å². The van der Waals surface area contributed by atoms with Crippen molar-refractivity contribution in [1.82, 2.24) is 19.4 Å². The third-order valence-corrected chi connectivity index (χ3v) is 7.98. The predicted molar refractivity (Wildman–Crippen MR) is 124 cm³/mol. The molecule has 1 N–H and O–H groups in total. The van der Waals surface area contributed by atoms with Crippen LogP contribution in [0, 0.1) is 0 Å². The summed E-state index contributed by atoms with van der Waals surface area (Å²) in [5, 5.41) is -0.152. The Hall–Kier alpha value is -2.29. The van der Waals surface area contributed by atoms with Crippen LogP contribution in [0.5, 0.6) is 0 Å². The molecule has 170 valence electrons. The molecule has 1 aliphatic rings. The van der Waals surface area contributed by atoms with Gasteiger partial charge in [-0.25, -0.2) is 22.6 Å². The molecule has 0 amide bonds. The van der Waals surface area contributed by atoms with E-state index in [0.29, 0.717) is 19.3 Å². The Morgan fingerprint density at radius 3 is 2.72 bits per heavy atom. The second-order valence-corrected chi connectivity index (χ2v) is 10.8. The Morgan fingerprint density at radius 2 is 2.09 bits per heavy atom. The Morgan fingerprint density at radius 1 is 1.31 bits per heavy atom.